The average molecular weight is 463 g/mol. The molecule has 2 aromatic carbocycles. The van der Waals surface area contributed by atoms with Crippen molar-refractivity contribution in [2.45, 2.75) is 64.0 Å². The molecule has 0 amide bonds. The van der Waals surface area contributed by atoms with E-state index in [1.807, 2.05) is 12.1 Å². The molecule has 0 aromatic heterocycles. The molecule has 2 N–H and O–H groups in total. The van der Waals surface area contributed by atoms with Crippen LogP contribution in [0.3, 0.4) is 0 Å². The van der Waals surface area contributed by atoms with Crippen LogP contribution in [0, 0.1) is 0 Å². The Morgan fingerprint density at radius 2 is 1.06 bits per heavy atom. The third kappa shape index (κ3) is 7.59. The van der Waals surface area contributed by atoms with Gasteiger partial charge in [0.1, 0.15) is 23.0 Å². The topological polar surface area (TPSA) is 68.2 Å². The molecule has 2 rings (SSSR count). The minimum Gasteiger partial charge on any atom is -0.508 e. The standard InChI is InChI=1S/C24H38O5Si2/c1-27-23-15-7-13-21(25)19(23)11-9-17-30(3,4)29-31(5,6)18-10-12-20-22(26)14-8-16-24(20)28-2/h7-8,13-16,25-26H,9-12,17-18H2,1-6H3. The van der Waals surface area contributed by atoms with Gasteiger partial charge in [0.25, 0.3) is 0 Å². The maximum Gasteiger partial charge on any atom is 0.173 e. The van der Waals surface area contributed by atoms with Crippen molar-refractivity contribution in [3.8, 4) is 23.0 Å². The molecule has 0 fully saturated rings. The summed E-state index contributed by atoms with van der Waals surface area (Å²) in [5, 5.41) is 20.3. The van der Waals surface area contributed by atoms with Crippen molar-refractivity contribution in [3.63, 3.8) is 0 Å². The van der Waals surface area contributed by atoms with E-state index in [9.17, 15) is 10.2 Å². The van der Waals surface area contributed by atoms with Crippen molar-refractivity contribution in [2.24, 2.45) is 0 Å². The van der Waals surface area contributed by atoms with Gasteiger partial charge in [0.05, 0.1) is 14.2 Å². The van der Waals surface area contributed by atoms with E-state index in [0.717, 1.165) is 60.4 Å². The first-order chi connectivity index (χ1) is 14.6. The summed E-state index contributed by atoms with van der Waals surface area (Å²) in [5.41, 5.74) is 1.76. The summed E-state index contributed by atoms with van der Waals surface area (Å²) in [7, 11) is -0.385. The van der Waals surface area contributed by atoms with Crippen molar-refractivity contribution < 1.29 is 23.8 Å². The molecule has 0 heterocycles. The van der Waals surface area contributed by atoms with Gasteiger partial charge >= 0.3 is 0 Å². The van der Waals surface area contributed by atoms with Gasteiger partial charge in [-0.3, -0.25) is 0 Å². The number of phenols is 2. The van der Waals surface area contributed by atoms with E-state index in [1.165, 1.54) is 0 Å². The lowest BCUT2D eigenvalue weighted by molar-refractivity contribution is 0.399. The highest BCUT2D eigenvalue weighted by atomic mass is 28.4. The average Bonchev–Trinajstić information content (AvgIpc) is 2.69. The largest absolute Gasteiger partial charge is 0.508 e. The Morgan fingerprint density at radius 1 is 0.677 bits per heavy atom. The Kier molecular flexibility index (Phi) is 9.03. The lowest BCUT2D eigenvalue weighted by atomic mass is 10.1. The van der Waals surface area contributed by atoms with Gasteiger partial charge in [-0.15, -0.1) is 0 Å². The third-order valence-corrected chi connectivity index (χ3v) is 13.2. The zero-order valence-electron chi connectivity index (χ0n) is 19.8. The first-order valence-corrected chi connectivity index (χ1v) is 17.2. The molecular weight excluding hydrogens is 424 g/mol. The normalized spacial score (nSPS) is 12.1. The summed E-state index contributed by atoms with van der Waals surface area (Å²) < 4.78 is 17.6. The first kappa shape index (κ1) is 25.3. The quantitative estimate of drug-likeness (QED) is 0.373. The van der Waals surface area contributed by atoms with E-state index in [1.54, 1.807) is 38.5 Å². The van der Waals surface area contributed by atoms with Gasteiger partial charge in [-0.25, -0.2) is 0 Å². The highest BCUT2D eigenvalue weighted by Gasteiger charge is 2.32. The fraction of sp³-hybridized carbons (Fsp3) is 0.500. The van der Waals surface area contributed by atoms with E-state index in [4.69, 9.17) is 13.6 Å². The SMILES string of the molecule is COc1cccc(O)c1CCC[Si](C)(C)O[Si](C)(C)CCCc1c(O)cccc1OC. The molecule has 0 aliphatic heterocycles. The van der Waals surface area contributed by atoms with Gasteiger partial charge < -0.3 is 23.8 Å². The second kappa shape index (κ2) is 11.1. The van der Waals surface area contributed by atoms with Gasteiger partial charge in [-0.2, -0.15) is 0 Å². The highest BCUT2D eigenvalue weighted by Crippen LogP contribution is 2.32. The van der Waals surface area contributed by atoms with Gasteiger partial charge in [-0.1, -0.05) is 12.1 Å². The van der Waals surface area contributed by atoms with Crippen LogP contribution in [-0.2, 0) is 17.0 Å². The van der Waals surface area contributed by atoms with Crippen LogP contribution in [0.4, 0.5) is 0 Å². The highest BCUT2D eigenvalue weighted by molar-refractivity contribution is 6.84. The van der Waals surface area contributed by atoms with Crippen LogP contribution in [0.1, 0.15) is 24.0 Å². The number of hydrogen-bond donors (Lipinski definition) is 2. The number of rotatable bonds is 12. The number of ether oxygens (including phenoxy) is 2. The number of hydrogen-bond acceptors (Lipinski definition) is 5. The third-order valence-electron chi connectivity index (χ3n) is 5.62. The summed E-state index contributed by atoms with van der Waals surface area (Å²) in [6.07, 6.45) is 3.49. The molecule has 31 heavy (non-hydrogen) atoms. The van der Waals surface area contributed by atoms with Gasteiger partial charge in [0.2, 0.25) is 0 Å². The van der Waals surface area contributed by atoms with Crippen molar-refractivity contribution in [2.75, 3.05) is 14.2 Å². The number of aromatic hydroxyl groups is 2. The van der Waals surface area contributed by atoms with Gasteiger partial charge in [0.15, 0.2) is 16.6 Å². The van der Waals surface area contributed by atoms with Crippen LogP contribution in [0.15, 0.2) is 36.4 Å². The molecule has 7 heteroatoms. The second-order valence-corrected chi connectivity index (χ2v) is 18.1. The first-order valence-electron chi connectivity index (χ1n) is 11.0. The van der Waals surface area contributed by atoms with E-state index >= 15 is 0 Å². The van der Waals surface area contributed by atoms with Crippen LogP contribution >= 0.6 is 0 Å². The molecule has 5 nitrogen and oxygen atoms in total. The van der Waals surface area contributed by atoms with Crippen molar-refractivity contribution in [1.82, 2.24) is 0 Å². The van der Waals surface area contributed by atoms with Gasteiger partial charge in [0, 0.05) is 11.1 Å². The number of methoxy groups -OCH3 is 2. The molecule has 0 radical (unpaired) electrons. The molecular formula is C24H38O5Si2. The minimum atomic E-state index is -1.83. The predicted octanol–water partition coefficient (Wildman–Crippen LogP) is 6.11. The Labute approximate surface area is 189 Å². The molecule has 0 atom stereocenters. The van der Waals surface area contributed by atoms with Gasteiger partial charge in [-0.05, 0) is 88.2 Å². The number of phenolic OH excluding ortho intramolecular Hbond substituents is 2. The van der Waals surface area contributed by atoms with Crippen molar-refractivity contribution >= 4 is 16.6 Å². The molecule has 0 saturated carbocycles. The summed E-state index contributed by atoms with van der Waals surface area (Å²) >= 11 is 0. The van der Waals surface area contributed by atoms with Crippen LogP contribution < -0.4 is 9.47 Å². The van der Waals surface area contributed by atoms with Crippen LogP contribution in [0.2, 0.25) is 38.3 Å². The van der Waals surface area contributed by atoms with Crippen molar-refractivity contribution in [1.29, 1.82) is 0 Å². The predicted molar refractivity (Wildman–Crippen MR) is 132 cm³/mol. The maximum atomic E-state index is 10.2. The maximum absolute atomic E-state index is 10.2. The Morgan fingerprint density at radius 3 is 1.42 bits per heavy atom. The smallest absolute Gasteiger partial charge is 0.173 e. The van der Waals surface area contributed by atoms with E-state index in [0.29, 0.717) is 11.5 Å². The second-order valence-electron chi connectivity index (χ2n) is 9.24. The van der Waals surface area contributed by atoms with E-state index in [-0.39, 0.29) is 0 Å². The molecule has 0 saturated heterocycles. The molecule has 0 spiro atoms. The summed E-state index contributed by atoms with van der Waals surface area (Å²) in [5.74, 6) is 2.09. The lowest BCUT2D eigenvalue weighted by Crippen LogP contribution is -2.44. The lowest BCUT2D eigenvalue weighted by Gasteiger charge is -2.34. The van der Waals surface area contributed by atoms with Crippen LogP contribution in [0.25, 0.3) is 0 Å². The van der Waals surface area contributed by atoms with Crippen LogP contribution in [0.5, 0.6) is 23.0 Å². The molecule has 0 aliphatic carbocycles. The summed E-state index contributed by atoms with van der Waals surface area (Å²) in [4.78, 5) is 0. The summed E-state index contributed by atoms with van der Waals surface area (Å²) in [6.45, 7) is 9.15. The monoisotopic (exact) mass is 462 g/mol. The Balaban J connectivity index is 1.87. The van der Waals surface area contributed by atoms with E-state index in [2.05, 4.69) is 26.2 Å². The molecule has 0 unspecified atom stereocenters. The zero-order chi connectivity index (χ0) is 23.1. The fourth-order valence-corrected chi connectivity index (χ4v) is 13.1. The molecule has 0 aliphatic rings. The Hall–Kier alpha value is -1.97. The molecule has 0 bridgehead atoms. The van der Waals surface area contributed by atoms with Crippen molar-refractivity contribution in [3.05, 3.63) is 47.5 Å². The number of benzene rings is 2. The van der Waals surface area contributed by atoms with E-state index < -0.39 is 16.6 Å². The zero-order valence-corrected chi connectivity index (χ0v) is 21.8. The fourth-order valence-electron chi connectivity index (χ4n) is 4.22. The Bertz CT molecular complexity index is 782. The molecule has 172 valence electrons. The van der Waals surface area contributed by atoms with Crippen LogP contribution in [-0.4, -0.2) is 41.1 Å². The molecule has 2 aromatic rings. The minimum absolute atomic E-state index is 0.300. The summed E-state index contributed by atoms with van der Waals surface area (Å²) in [6, 6.07) is 12.9.